The van der Waals surface area contributed by atoms with E-state index in [1.54, 1.807) is 12.1 Å². The quantitative estimate of drug-likeness (QED) is 0.0949. The zero-order chi connectivity index (χ0) is 47.4. The maximum absolute atomic E-state index is 15.0. The maximum Gasteiger partial charge on any atom is 0.416 e. The molecule has 52 heavy (non-hydrogen) atoms. The first kappa shape index (κ1) is 24.7. The first-order chi connectivity index (χ1) is 29.6. The summed E-state index contributed by atoms with van der Waals surface area (Å²) in [5.41, 5.74) is -4.62. The molecule has 1 saturated heterocycles. The Morgan fingerprint density at radius 1 is 0.981 bits per heavy atom. The van der Waals surface area contributed by atoms with E-state index >= 15 is 9.18 Å². The van der Waals surface area contributed by atoms with Crippen LogP contribution in [0.15, 0.2) is 107 Å². The van der Waals surface area contributed by atoms with Gasteiger partial charge in [0.05, 0.1) is 33.6 Å². The third-order valence-corrected chi connectivity index (χ3v) is 9.30. The lowest BCUT2D eigenvalue weighted by Crippen LogP contribution is -2.48. The molecule has 1 fully saturated rings. The summed E-state index contributed by atoms with van der Waals surface area (Å²) in [5.74, 6) is -4.29. The number of likely N-dealkylation sites (tertiary alicyclic amines) is 1. The average molecular weight is 748 g/mol. The molecule has 2 heterocycles. The lowest BCUT2D eigenvalue weighted by molar-refractivity contribution is -0.137. The Balaban J connectivity index is 1.42. The van der Waals surface area contributed by atoms with Crippen molar-refractivity contribution >= 4 is 28.6 Å². The summed E-state index contributed by atoms with van der Waals surface area (Å²) in [4.78, 5) is 30.7. The molecule has 0 spiro atoms. The van der Waals surface area contributed by atoms with Crippen LogP contribution in [0, 0.1) is 11.6 Å². The molecule has 0 radical (unpaired) electrons. The summed E-state index contributed by atoms with van der Waals surface area (Å²) in [7, 11) is -3.31. The average Bonchev–Trinajstić information content (AvgIpc) is 3.21. The van der Waals surface area contributed by atoms with Crippen LogP contribution in [-0.4, -0.2) is 59.5 Å². The number of ether oxygens (including phenoxy) is 1. The molecule has 1 aliphatic heterocycles. The van der Waals surface area contributed by atoms with Gasteiger partial charge in [0.25, 0.3) is 0 Å². The third kappa shape index (κ3) is 8.74. The van der Waals surface area contributed by atoms with Gasteiger partial charge in [-0.1, -0.05) is 60.7 Å². The van der Waals surface area contributed by atoms with Crippen molar-refractivity contribution < 1.29 is 47.9 Å². The molecule has 272 valence electrons. The molecule has 0 unspecified atom stereocenters. The largest absolute Gasteiger partial charge is 0.416 e. The SMILES string of the molecule is [2H]c1c(SC([2H])([2H])c2cccc(F)c2F)n(C([2H])([2H])C(=O)N(Cc2ccc(-c3ccc(C(F)(F)F)cc3)cc2)C2CCN(C([2H])([2H])C([2H])([2H])OC([2H])([2H])[2H])CC2)c2ccccc2c1=O. The van der Waals surface area contributed by atoms with E-state index in [4.69, 9.17) is 13.7 Å². The predicted octanol–water partition coefficient (Wildman–Crippen LogP) is 8.40. The fourth-order valence-electron chi connectivity index (χ4n) is 5.81. The Kier molecular flexibility index (Phi) is 7.80. The predicted molar refractivity (Wildman–Crippen MR) is 193 cm³/mol. The number of nitrogens with zero attached hydrogens (tertiary/aromatic N) is 3. The highest BCUT2D eigenvalue weighted by atomic mass is 32.2. The number of benzene rings is 4. The molecular weight excluding hydrogens is 698 g/mol. The van der Waals surface area contributed by atoms with Gasteiger partial charge in [0.1, 0.15) is 6.50 Å². The van der Waals surface area contributed by atoms with Gasteiger partial charge in [-0.15, -0.1) is 11.8 Å². The topological polar surface area (TPSA) is 54.8 Å². The van der Waals surface area contributed by atoms with Crippen LogP contribution in [0.5, 0.6) is 0 Å². The number of piperidine rings is 1. The summed E-state index contributed by atoms with van der Waals surface area (Å²) in [6.07, 6.45) is -4.85. The minimum Gasteiger partial charge on any atom is -0.383 e. The van der Waals surface area contributed by atoms with Crippen molar-refractivity contribution in [2.45, 2.75) is 48.8 Å². The van der Waals surface area contributed by atoms with Crippen molar-refractivity contribution in [2.75, 3.05) is 33.2 Å². The minimum absolute atomic E-state index is 0.00361. The van der Waals surface area contributed by atoms with Crippen molar-refractivity contribution in [1.29, 1.82) is 0 Å². The molecule has 0 aliphatic carbocycles. The van der Waals surface area contributed by atoms with Gasteiger partial charge in [-0.3, -0.25) is 9.59 Å². The van der Waals surface area contributed by atoms with E-state index in [9.17, 15) is 25.1 Å². The Morgan fingerprint density at radius 3 is 2.37 bits per heavy atom. The van der Waals surface area contributed by atoms with E-state index < -0.39 is 89.7 Å². The monoisotopic (exact) mass is 747 g/mol. The number of aromatic nitrogens is 1. The molecule has 0 N–H and O–H groups in total. The molecule has 5 aromatic rings. The van der Waals surface area contributed by atoms with Crippen molar-refractivity contribution in [2.24, 2.45) is 0 Å². The minimum atomic E-state index is -4.56. The zero-order valence-electron chi connectivity index (χ0n) is 39.1. The molecule has 6 nitrogen and oxygen atoms in total. The van der Waals surface area contributed by atoms with Crippen LogP contribution in [0.4, 0.5) is 22.0 Å². The first-order valence-electron chi connectivity index (χ1n) is 21.9. The molecule has 4 aromatic carbocycles. The number of carbonyl (C=O) groups is 1. The number of halogens is 5. The number of fused-ring (bicyclic) bond motifs is 1. The lowest BCUT2D eigenvalue weighted by Gasteiger charge is -2.39. The van der Waals surface area contributed by atoms with E-state index in [1.165, 1.54) is 48.5 Å². The first-order valence-corrected chi connectivity index (χ1v) is 16.7. The van der Waals surface area contributed by atoms with Crippen LogP contribution < -0.4 is 5.43 Å². The number of methoxy groups -OCH3 is 1. The number of pyridine rings is 1. The fourth-order valence-corrected chi connectivity index (χ4v) is 6.56. The van der Waals surface area contributed by atoms with Gasteiger partial charge in [-0.05, 0) is 59.9 Å². The van der Waals surface area contributed by atoms with Crippen molar-refractivity contribution in [3.05, 3.63) is 136 Å². The second-order valence-electron chi connectivity index (χ2n) is 11.8. The van der Waals surface area contributed by atoms with Crippen LogP contribution in [0.2, 0.25) is 0 Å². The van der Waals surface area contributed by atoms with Gasteiger partial charge in [0, 0.05) is 67.4 Å². The summed E-state index contributed by atoms with van der Waals surface area (Å²) in [6, 6.07) is 16.7. The number of hydrogen-bond acceptors (Lipinski definition) is 5. The number of para-hydroxylation sites is 1. The van der Waals surface area contributed by atoms with Crippen molar-refractivity contribution in [3.63, 3.8) is 0 Å². The summed E-state index contributed by atoms with van der Waals surface area (Å²) >= 11 is 0.00361. The van der Waals surface area contributed by atoms with Gasteiger partial charge < -0.3 is 19.1 Å². The Bertz CT molecular complexity index is 2590. The van der Waals surface area contributed by atoms with Gasteiger partial charge in [-0.25, -0.2) is 8.78 Å². The highest BCUT2D eigenvalue weighted by Crippen LogP contribution is 2.32. The smallest absolute Gasteiger partial charge is 0.383 e. The highest BCUT2D eigenvalue weighted by Gasteiger charge is 2.31. The maximum atomic E-state index is 15.0. The number of rotatable bonds is 12. The van der Waals surface area contributed by atoms with Crippen LogP contribution in [0.1, 0.15) is 46.0 Å². The molecule has 0 bridgehead atoms. The molecular formula is C40H38F5N3O3S. The van der Waals surface area contributed by atoms with E-state index in [0.29, 0.717) is 21.3 Å². The van der Waals surface area contributed by atoms with Crippen LogP contribution >= 0.6 is 11.8 Å². The van der Waals surface area contributed by atoms with Gasteiger partial charge in [0.15, 0.2) is 17.1 Å². The Morgan fingerprint density at radius 2 is 1.67 bits per heavy atom. The number of hydrogen-bond donors (Lipinski definition) is 0. The van der Waals surface area contributed by atoms with E-state index in [-0.39, 0.29) is 55.1 Å². The Hall–Kier alpha value is -4.52. The summed E-state index contributed by atoms with van der Waals surface area (Å²) < 4.78 is 175. The van der Waals surface area contributed by atoms with E-state index in [2.05, 4.69) is 4.74 Å². The van der Waals surface area contributed by atoms with Crippen LogP contribution in [0.3, 0.4) is 0 Å². The van der Waals surface area contributed by atoms with Gasteiger partial charge in [0.2, 0.25) is 5.91 Å². The van der Waals surface area contributed by atoms with Crippen LogP contribution in [-0.2, 0) is 34.5 Å². The second kappa shape index (κ2) is 16.4. The number of carbonyl (C=O) groups excluding carboxylic acids is 1. The molecule has 0 saturated carbocycles. The van der Waals surface area contributed by atoms with Gasteiger partial charge >= 0.3 is 6.18 Å². The van der Waals surface area contributed by atoms with Gasteiger partial charge in [-0.2, -0.15) is 13.2 Å². The fraction of sp³-hybridized carbons (Fsp3) is 0.300. The molecule has 6 rings (SSSR count). The van der Waals surface area contributed by atoms with E-state index in [1.807, 2.05) is 0 Å². The molecule has 0 atom stereocenters. The Labute approximate surface area is 319 Å². The number of amides is 1. The number of alkyl halides is 3. The molecule has 1 aromatic heterocycles. The third-order valence-electron chi connectivity index (χ3n) is 8.50. The normalized spacial score (nSPS) is 18.9. The van der Waals surface area contributed by atoms with E-state index in [0.717, 1.165) is 40.1 Å². The standard InChI is InChI=1S/C40H38F5N3O3S/c1-51-22-21-46-19-17-32(18-20-46)47(24-27-9-11-28(12-10-27)29-13-15-31(16-14-29)40(43,44)45)37(50)25-48-35-8-3-2-6-33(35)36(49)23-38(48)52-26-30-5-4-7-34(41)39(30)42/h2-16,23,32H,17-22,24-26H2,1H3/i1D3,21D2,22D2,23D,25D2,26D2. The highest BCUT2D eigenvalue weighted by molar-refractivity contribution is 7.98. The lowest BCUT2D eigenvalue weighted by atomic mass is 10.00. The molecule has 12 heteroatoms. The summed E-state index contributed by atoms with van der Waals surface area (Å²) in [5, 5.41) is -0.989. The number of thioether (sulfide) groups is 1. The van der Waals surface area contributed by atoms with Crippen molar-refractivity contribution in [1.82, 2.24) is 14.4 Å². The molecule has 1 amide bonds. The van der Waals surface area contributed by atoms with Crippen molar-refractivity contribution in [3.8, 4) is 11.1 Å². The zero-order valence-corrected chi connectivity index (χ0v) is 28.0. The molecule has 1 aliphatic rings. The summed E-state index contributed by atoms with van der Waals surface area (Å²) in [6.45, 7) is -10.6. The van der Waals surface area contributed by atoms with Crippen LogP contribution in [0.25, 0.3) is 22.0 Å². The second-order valence-corrected chi connectivity index (χ2v) is 12.6.